The van der Waals surface area contributed by atoms with Crippen molar-refractivity contribution in [2.24, 2.45) is 0 Å². The van der Waals surface area contributed by atoms with E-state index in [-0.39, 0.29) is 5.91 Å². The molecule has 0 aromatic heterocycles. The lowest BCUT2D eigenvalue weighted by Gasteiger charge is -2.09. The fourth-order valence-electron chi connectivity index (χ4n) is 1.79. The maximum Gasteiger partial charge on any atom is 0.257 e. The lowest BCUT2D eigenvalue weighted by Crippen LogP contribution is -2.14. The predicted molar refractivity (Wildman–Crippen MR) is 82.4 cm³/mol. The average Bonchev–Trinajstić information content (AvgIpc) is 2.36. The summed E-state index contributed by atoms with van der Waals surface area (Å²) in [5, 5.41) is 2.85. The second-order valence-corrected chi connectivity index (χ2v) is 5.36. The highest BCUT2D eigenvalue weighted by Gasteiger charge is 2.10. The van der Waals surface area contributed by atoms with Crippen LogP contribution in [0.15, 0.2) is 40.9 Å². The summed E-state index contributed by atoms with van der Waals surface area (Å²) in [7, 11) is 0. The summed E-state index contributed by atoms with van der Waals surface area (Å²) in [4.78, 5) is 12.2. The van der Waals surface area contributed by atoms with Crippen LogP contribution < -0.4 is 11.1 Å². The molecular formula is C15H15BrN2O. The van der Waals surface area contributed by atoms with Crippen LogP contribution >= 0.6 is 15.9 Å². The molecule has 0 radical (unpaired) electrons. The number of anilines is 2. The predicted octanol–water partition coefficient (Wildman–Crippen LogP) is 3.90. The van der Waals surface area contributed by atoms with E-state index < -0.39 is 0 Å². The van der Waals surface area contributed by atoms with E-state index in [0.717, 1.165) is 21.3 Å². The lowest BCUT2D eigenvalue weighted by molar-refractivity contribution is 0.102. The third-order valence-corrected chi connectivity index (χ3v) is 3.76. The van der Waals surface area contributed by atoms with Gasteiger partial charge in [0.2, 0.25) is 0 Å². The fraction of sp³-hybridized carbons (Fsp3) is 0.133. The van der Waals surface area contributed by atoms with Crippen molar-refractivity contribution in [3.05, 3.63) is 57.6 Å². The van der Waals surface area contributed by atoms with Gasteiger partial charge in [-0.1, -0.05) is 27.6 Å². The summed E-state index contributed by atoms with van der Waals surface area (Å²) in [6, 6.07) is 11.1. The summed E-state index contributed by atoms with van der Waals surface area (Å²) in [5.41, 5.74) is 9.64. The Labute approximate surface area is 121 Å². The van der Waals surface area contributed by atoms with Gasteiger partial charge in [-0.15, -0.1) is 0 Å². The van der Waals surface area contributed by atoms with Crippen LogP contribution in [0.4, 0.5) is 11.4 Å². The van der Waals surface area contributed by atoms with Crippen LogP contribution in [0.5, 0.6) is 0 Å². The van der Waals surface area contributed by atoms with Gasteiger partial charge in [0.05, 0.1) is 5.56 Å². The van der Waals surface area contributed by atoms with Crippen LogP contribution in [0.2, 0.25) is 0 Å². The van der Waals surface area contributed by atoms with Crippen molar-refractivity contribution in [2.45, 2.75) is 13.8 Å². The van der Waals surface area contributed by atoms with Crippen LogP contribution in [0, 0.1) is 13.8 Å². The van der Waals surface area contributed by atoms with Gasteiger partial charge in [-0.2, -0.15) is 0 Å². The molecule has 1 amide bonds. The van der Waals surface area contributed by atoms with Crippen LogP contribution in [-0.4, -0.2) is 5.91 Å². The third-order valence-electron chi connectivity index (χ3n) is 2.87. The van der Waals surface area contributed by atoms with Crippen molar-refractivity contribution in [3.63, 3.8) is 0 Å². The van der Waals surface area contributed by atoms with Gasteiger partial charge in [0.25, 0.3) is 5.91 Å². The van der Waals surface area contributed by atoms with Crippen LogP contribution in [-0.2, 0) is 0 Å². The maximum atomic E-state index is 12.2. The second kappa shape index (κ2) is 5.45. The number of rotatable bonds is 2. The molecule has 0 spiro atoms. The number of hydrogen-bond acceptors (Lipinski definition) is 2. The largest absolute Gasteiger partial charge is 0.398 e. The van der Waals surface area contributed by atoms with E-state index in [4.69, 9.17) is 5.73 Å². The number of nitrogens with two attached hydrogens (primary N) is 1. The first-order valence-corrected chi connectivity index (χ1v) is 6.70. The third kappa shape index (κ3) is 3.15. The molecule has 0 saturated carbocycles. The van der Waals surface area contributed by atoms with E-state index >= 15 is 0 Å². The van der Waals surface area contributed by atoms with Gasteiger partial charge in [0.1, 0.15) is 0 Å². The van der Waals surface area contributed by atoms with Crippen molar-refractivity contribution in [1.29, 1.82) is 0 Å². The number of nitrogen functional groups attached to an aromatic ring is 1. The number of carbonyl (C=O) groups excluding carboxylic acids is 1. The average molecular weight is 319 g/mol. The number of carbonyl (C=O) groups is 1. The van der Waals surface area contributed by atoms with Crippen molar-refractivity contribution in [1.82, 2.24) is 0 Å². The number of hydrogen-bond donors (Lipinski definition) is 2. The van der Waals surface area contributed by atoms with Gasteiger partial charge in [0.15, 0.2) is 0 Å². The van der Waals surface area contributed by atoms with Crippen molar-refractivity contribution < 1.29 is 4.79 Å². The maximum absolute atomic E-state index is 12.2. The van der Waals surface area contributed by atoms with Gasteiger partial charge in [0, 0.05) is 15.8 Å². The van der Waals surface area contributed by atoms with E-state index in [1.807, 2.05) is 38.1 Å². The monoisotopic (exact) mass is 318 g/mol. The topological polar surface area (TPSA) is 55.1 Å². The SMILES string of the molecule is Cc1ccc(N)c(C(=O)Nc2ccc(Br)c(C)c2)c1. The first kappa shape index (κ1) is 13.6. The first-order chi connectivity index (χ1) is 8.97. The number of nitrogens with one attached hydrogen (secondary N) is 1. The fourth-order valence-corrected chi connectivity index (χ4v) is 2.03. The van der Waals surface area contributed by atoms with Crippen molar-refractivity contribution in [3.8, 4) is 0 Å². The Morgan fingerprint density at radius 3 is 2.58 bits per heavy atom. The summed E-state index contributed by atoms with van der Waals surface area (Å²) in [6.07, 6.45) is 0. The quantitative estimate of drug-likeness (QED) is 0.825. The normalized spacial score (nSPS) is 10.3. The zero-order valence-electron chi connectivity index (χ0n) is 10.8. The molecule has 0 aliphatic heterocycles. The van der Waals surface area contributed by atoms with E-state index in [1.165, 1.54) is 0 Å². The standard InChI is InChI=1S/C15H15BrN2O/c1-9-3-6-14(17)12(7-9)15(19)18-11-4-5-13(16)10(2)8-11/h3-8H,17H2,1-2H3,(H,18,19). The van der Waals surface area contributed by atoms with Gasteiger partial charge in [-0.3, -0.25) is 4.79 Å². The molecule has 19 heavy (non-hydrogen) atoms. The molecule has 4 heteroatoms. The zero-order valence-corrected chi connectivity index (χ0v) is 12.4. The highest BCUT2D eigenvalue weighted by atomic mass is 79.9. The molecule has 0 unspecified atom stereocenters. The molecule has 0 bridgehead atoms. The molecule has 0 aliphatic rings. The first-order valence-electron chi connectivity index (χ1n) is 5.91. The van der Waals surface area contributed by atoms with Crippen LogP contribution in [0.1, 0.15) is 21.5 Å². The Hall–Kier alpha value is -1.81. The minimum Gasteiger partial charge on any atom is -0.398 e. The summed E-state index contributed by atoms with van der Waals surface area (Å²) < 4.78 is 1.01. The Morgan fingerprint density at radius 2 is 1.89 bits per heavy atom. The van der Waals surface area contributed by atoms with E-state index in [0.29, 0.717) is 11.3 Å². The molecule has 3 N–H and O–H groups in total. The molecule has 2 aromatic rings. The molecule has 98 valence electrons. The molecule has 0 fully saturated rings. The summed E-state index contributed by atoms with van der Waals surface area (Å²) in [6.45, 7) is 3.90. The highest BCUT2D eigenvalue weighted by molar-refractivity contribution is 9.10. The van der Waals surface area contributed by atoms with E-state index in [2.05, 4.69) is 21.2 Å². The minimum atomic E-state index is -0.192. The van der Waals surface area contributed by atoms with Gasteiger partial charge in [-0.05, 0) is 49.7 Å². The molecule has 0 atom stereocenters. The zero-order chi connectivity index (χ0) is 14.0. The smallest absolute Gasteiger partial charge is 0.257 e. The molecule has 0 aliphatic carbocycles. The molecule has 0 saturated heterocycles. The molecule has 2 aromatic carbocycles. The molecule has 3 nitrogen and oxygen atoms in total. The van der Waals surface area contributed by atoms with E-state index in [9.17, 15) is 4.79 Å². The second-order valence-electron chi connectivity index (χ2n) is 4.51. The lowest BCUT2D eigenvalue weighted by atomic mass is 10.1. The summed E-state index contributed by atoms with van der Waals surface area (Å²) in [5.74, 6) is -0.192. The number of benzene rings is 2. The Kier molecular flexibility index (Phi) is 3.90. The van der Waals surface area contributed by atoms with E-state index in [1.54, 1.807) is 12.1 Å². The van der Waals surface area contributed by atoms with Gasteiger partial charge < -0.3 is 11.1 Å². The number of halogens is 1. The molecular weight excluding hydrogens is 304 g/mol. The van der Waals surface area contributed by atoms with Crippen molar-refractivity contribution in [2.75, 3.05) is 11.1 Å². The Morgan fingerprint density at radius 1 is 1.16 bits per heavy atom. The molecule has 0 heterocycles. The van der Waals surface area contributed by atoms with Crippen LogP contribution in [0.25, 0.3) is 0 Å². The Bertz CT molecular complexity index is 638. The Balaban J connectivity index is 2.25. The minimum absolute atomic E-state index is 0.192. The highest BCUT2D eigenvalue weighted by Crippen LogP contribution is 2.21. The molecule has 2 rings (SSSR count). The van der Waals surface area contributed by atoms with Crippen LogP contribution in [0.3, 0.4) is 0 Å². The number of amides is 1. The number of aryl methyl sites for hydroxylation is 2. The van der Waals surface area contributed by atoms with Gasteiger partial charge in [-0.25, -0.2) is 0 Å². The van der Waals surface area contributed by atoms with Crippen molar-refractivity contribution >= 4 is 33.2 Å². The van der Waals surface area contributed by atoms with Gasteiger partial charge >= 0.3 is 0 Å². The summed E-state index contributed by atoms with van der Waals surface area (Å²) >= 11 is 3.43.